The highest BCUT2D eigenvalue weighted by Gasteiger charge is 2.62. The maximum absolute atomic E-state index is 14.8. The molecule has 2 heterocycles. The molecule has 5 nitrogen and oxygen atoms in total. The van der Waals surface area contributed by atoms with Crippen molar-refractivity contribution >= 4 is 20.6 Å². The first kappa shape index (κ1) is 34.8. The van der Waals surface area contributed by atoms with E-state index in [2.05, 4.69) is 172 Å². The summed E-state index contributed by atoms with van der Waals surface area (Å²) in [4.78, 5) is 1.03. The van der Waals surface area contributed by atoms with Gasteiger partial charge in [0.1, 0.15) is 0 Å². The zero-order valence-electron chi connectivity index (χ0n) is 32.7. The molecule has 13 rings (SSSR count). The number of benzene rings is 7. The fourth-order valence-corrected chi connectivity index (χ4v) is 14.0. The zero-order valence-corrected chi connectivity index (χ0v) is 33.5. The molecule has 4 bridgehead atoms. The molecule has 5 aliphatic rings. The van der Waals surface area contributed by atoms with Crippen molar-refractivity contribution in [3.8, 4) is 39.3 Å². The number of para-hydroxylation sites is 2. The van der Waals surface area contributed by atoms with Crippen LogP contribution in [0, 0.1) is 23.7 Å². The molecular formula is C53H44N3O2S+3. The fourth-order valence-electron chi connectivity index (χ4n) is 12.2. The van der Waals surface area contributed by atoms with Gasteiger partial charge >= 0.3 is 19.0 Å². The Labute approximate surface area is 345 Å². The Bertz CT molecular complexity index is 3060. The summed E-state index contributed by atoms with van der Waals surface area (Å²) in [6.07, 6.45) is 12.6. The highest BCUT2D eigenvalue weighted by molar-refractivity contribution is 7.91. The van der Waals surface area contributed by atoms with Gasteiger partial charge in [0.15, 0.2) is 0 Å². The average Bonchev–Trinajstić information content (AvgIpc) is 3.29. The summed E-state index contributed by atoms with van der Waals surface area (Å²) >= 11 is 0. The van der Waals surface area contributed by atoms with Gasteiger partial charge in [-0.3, -0.25) is 0 Å². The van der Waals surface area contributed by atoms with Crippen LogP contribution in [0.15, 0.2) is 193 Å². The van der Waals surface area contributed by atoms with E-state index < -0.39 is 9.84 Å². The maximum atomic E-state index is 14.8. The van der Waals surface area contributed by atoms with E-state index in [9.17, 15) is 8.42 Å². The summed E-state index contributed by atoms with van der Waals surface area (Å²) in [5.74, 6) is 2.51. The summed E-state index contributed by atoms with van der Waals surface area (Å²) in [6.45, 7) is 0. The summed E-state index contributed by atoms with van der Waals surface area (Å²) in [6, 6.07) is 56.8. The molecule has 7 aromatic carbocycles. The Balaban J connectivity index is 1.03. The third-order valence-corrected chi connectivity index (χ3v) is 16.2. The normalized spacial score (nSPS) is 23.3. The number of aromatic nitrogens is 3. The van der Waals surface area contributed by atoms with Crippen LogP contribution in [0.1, 0.15) is 43.2 Å². The molecule has 4 aliphatic carbocycles. The van der Waals surface area contributed by atoms with Crippen LogP contribution < -0.4 is 13.7 Å². The minimum absolute atomic E-state index is 0.248. The molecule has 4 fully saturated rings. The van der Waals surface area contributed by atoms with Gasteiger partial charge in [-0.15, -0.1) is 0 Å². The molecule has 4 saturated carbocycles. The molecular weight excluding hydrogens is 743 g/mol. The second kappa shape index (κ2) is 13.1. The highest BCUT2D eigenvalue weighted by atomic mass is 32.2. The lowest BCUT2D eigenvalue weighted by molar-refractivity contribution is -0.857. The molecule has 0 saturated heterocycles. The standard InChI is InChI=1S/C53H44N3O2S/c57-59(58)51-22-12-10-20-47(51)53(40-28-36-27-37(30-40)31-41(53)29-36)48-25-23-39(32-52(48)59)43-24-26-50(46-19-8-7-18-45(43)46)56-34-54(42-15-5-2-6-16-42)33-55(35-56)49-21-11-9-17-44(49)38-13-3-1-4-14-38/h1-26,32-37,40-41H,27-31H2/q+3. The van der Waals surface area contributed by atoms with E-state index in [4.69, 9.17) is 0 Å². The fraction of sp³-hybridized carbons (Fsp3) is 0.189. The van der Waals surface area contributed by atoms with Gasteiger partial charge in [0.2, 0.25) is 26.9 Å². The lowest BCUT2D eigenvalue weighted by Crippen LogP contribution is -2.57. The van der Waals surface area contributed by atoms with Crippen LogP contribution in [0.3, 0.4) is 0 Å². The highest BCUT2D eigenvalue weighted by Crippen LogP contribution is 2.68. The molecule has 59 heavy (non-hydrogen) atoms. The van der Waals surface area contributed by atoms with E-state index in [0.29, 0.717) is 21.6 Å². The van der Waals surface area contributed by atoms with Crippen LogP contribution in [0.5, 0.6) is 0 Å². The Morgan fingerprint density at radius 1 is 0.441 bits per heavy atom. The van der Waals surface area contributed by atoms with Crippen molar-refractivity contribution < 1.29 is 22.1 Å². The first-order valence-corrected chi connectivity index (χ1v) is 22.6. The van der Waals surface area contributed by atoms with Crippen molar-refractivity contribution in [3.05, 3.63) is 194 Å². The van der Waals surface area contributed by atoms with E-state index in [1.165, 1.54) is 32.1 Å². The minimum Gasteiger partial charge on any atom is -0.218 e. The SMILES string of the molecule is O=S1(=O)c2ccccc2C2(c3ccc(-c4ccc(-[n+]5c[n+](-c6ccccc6)c[n+](-c6ccccc6-c6ccccc6)c5)c5ccccc45)cc31)C1CC3CC(C1)CC2C3. The molecule has 286 valence electrons. The van der Waals surface area contributed by atoms with Crippen molar-refractivity contribution in [2.75, 3.05) is 0 Å². The molecule has 1 aromatic heterocycles. The number of nitrogens with zero attached hydrogens (tertiary/aromatic N) is 3. The maximum Gasteiger partial charge on any atom is 0.428 e. The average molecular weight is 787 g/mol. The molecule has 1 spiro atoms. The van der Waals surface area contributed by atoms with Crippen molar-refractivity contribution in [2.24, 2.45) is 23.7 Å². The van der Waals surface area contributed by atoms with Crippen molar-refractivity contribution in [3.63, 3.8) is 0 Å². The monoisotopic (exact) mass is 786 g/mol. The Morgan fingerprint density at radius 2 is 1.03 bits per heavy atom. The van der Waals surface area contributed by atoms with Gasteiger partial charge in [-0.1, -0.05) is 123 Å². The zero-order chi connectivity index (χ0) is 39.3. The van der Waals surface area contributed by atoms with Gasteiger partial charge in [0, 0.05) is 29.7 Å². The molecule has 6 heteroatoms. The quantitative estimate of drug-likeness (QED) is 0.163. The molecule has 8 aromatic rings. The van der Waals surface area contributed by atoms with Crippen LogP contribution in [-0.2, 0) is 15.3 Å². The number of sulfone groups is 1. The summed E-state index contributed by atoms with van der Waals surface area (Å²) in [5, 5.41) is 2.15. The van der Waals surface area contributed by atoms with Crippen LogP contribution >= 0.6 is 0 Å². The van der Waals surface area contributed by atoms with E-state index in [0.717, 1.165) is 73.1 Å². The van der Waals surface area contributed by atoms with Gasteiger partial charge in [0.25, 0.3) is 0 Å². The second-order valence-corrected chi connectivity index (χ2v) is 19.2. The Morgan fingerprint density at radius 3 is 1.80 bits per heavy atom. The third-order valence-electron chi connectivity index (χ3n) is 14.3. The molecule has 0 radical (unpaired) electrons. The van der Waals surface area contributed by atoms with E-state index >= 15 is 0 Å². The van der Waals surface area contributed by atoms with Gasteiger partial charge in [-0.2, -0.15) is 0 Å². The lowest BCUT2D eigenvalue weighted by atomic mass is 9.42. The largest absolute Gasteiger partial charge is 0.428 e. The summed E-state index contributed by atoms with van der Waals surface area (Å²) in [7, 11) is -3.74. The van der Waals surface area contributed by atoms with E-state index in [1.54, 1.807) is 0 Å². The summed E-state index contributed by atoms with van der Waals surface area (Å²) < 4.78 is 36.2. The topological polar surface area (TPSA) is 45.8 Å². The molecule has 1 aliphatic heterocycles. The van der Waals surface area contributed by atoms with Crippen LogP contribution in [0.4, 0.5) is 0 Å². The number of hydrogen-bond donors (Lipinski definition) is 0. The minimum atomic E-state index is -3.74. The number of hydrogen-bond acceptors (Lipinski definition) is 2. The van der Waals surface area contributed by atoms with Crippen molar-refractivity contribution in [1.82, 2.24) is 0 Å². The van der Waals surface area contributed by atoms with Crippen molar-refractivity contribution in [2.45, 2.75) is 47.3 Å². The molecule has 0 N–H and O–H groups in total. The number of rotatable bonds is 5. The smallest absolute Gasteiger partial charge is 0.218 e. The van der Waals surface area contributed by atoms with Gasteiger partial charge in [0.05, 0.1) is 20.7 Å². The van der Waals surface area contributed by atoms with Gasteiger partial charge in [-0.25, -0.2) is 8.42 Å². The predicted octanol–water partition coefficient (Wildman–Crippen LogP) is 9.89. The van der Waals surface area contributed by atoms with Crippen LogP contribution in [0.25, 0.3) is 50.1 Å². The first-order chi connectivity index (χ1) is 29.0. The van der Waals surface area contributed by atoms with E-state index in [1.807, 2.05) is 24.3 Å². The molecule has 0 unspecified atom stereocenters. The predicted molar refractivity (Wildman–Crippen MR) is 229 cm³/mol. The van der Waals surface area contributed by atoms with Crippen molar-refractivity contribution in [1.29, 1.82) is 0 Å². The van der Waals surface area contributed by atoms with Crippen LogP contribution in [-0.4, -0.2) is 8.42 Å². The molecule has 0 atom stereocenters. The number of fused-ring (bicyclic) bond motifs is 3. The Kier molecular flexibility index (Phi) is 7.74. The third kappa shape index (κ3) is 5.22. The van der Waals surface area contributed by atoms with Crippen LogP contribution in [0.2, 0.25) is 0 Å². The van der Waals surface area contributed by atoms with E-state index in [-0.39, 0.29) is 5.41 Å². The first-order valence-electron chi connectivity index (χ1n) is 21.1. The lowest BCUT2D eigenvalue weighted by Gasteiger charge is -2.63. The van der Waals surface area contributed by atoms with Gasteiger partial charge < -0.3 is 0 Å². The Hall–Kier alpha value is -6.24. The molecule has 0 amide bonds. The summed E-state index contributed by atoms with van der Waals surface area (Å²) in [5.41, 5.74) is 9.21. The second-order valence-electron chi connectivity index (χ2n) is 17.3. The van der Waals surface area contributed by atoms with Gasteiger partial charge in [-0.05, 0) is 119 Å².